The third-order valence-corrected chi connectivity index (χ3v) is 6.81. The highest BCUT2D eigenvalue weighted by atomic mass is 79.9. The summed E-state index contributed by atoms with van der Waals surface area (Å²) in [5, 5.41) is 5.09. The summed E-state index contributed by atoms with van der Waals surface area (Å²) in [6.07, 6.45) is 4.07. The second-order valence-electron chi connectivity index (χ2n) is 9.00. The summed E-state index contributed by atoms with van der Waals surface area (Å²) in [7, 11) is 0. The third kappa shape index (κ3) is 6.42. The number of rotatable bonds is 10. The highest BCUT2D eigenvalue weighted by Gasteiger charge is 2.16. The first-order valence-electron chi connectivity index (χ1n) is 12.3. The van der Waals surface area contributed by atoms with Crippen LogP contribution in [0.5, 0.6) is 11.5 Å². The van der Waals surface area contributed by atoms with E-state index in [0.29, 0.717) is 47.9 Å². The number of hydrogen-bond acceptors (Lipinski definition) is 5. The van der Waals surface area contributed by atoms with E-state index in [1.807, 2.05) is 75.4 Å². The Hall–Kier alpha value is -3.23. The molecule has 0 aliphatic carbocycles. The molecule has 0 fully saturated rings. The Bertz CT molecular complexity index is 1540. The van der Waals surface area contributed by atoms with Crippen LogP contribution in [-0.4, -0.2) is 22.5 Å². The molecule has 0 aliphatic rings. The number of halogens is 2. The minimum absolute atomic E-state index is 0.00223. The Morgan fingerprint density at radius 2 is 1.79 bits per heavy atom. The van der Waals surface area contributed by atoms with E-state index in [0.717, 1.165) is 25.6 Å². The fourth-order valence-corrected chi connectivity index (χ4v) is 4.63. The lowest BCUT2D eigenvalue weighted by molar-refractivity contribution is 0.267. The van der Waals surface area contributed by atoms with Crippen LogP contribution in [0.15, 0.2) is 86.1 Å². The molecule has 4 aromatic rings. The van der Waals surface area contributed by atoms with Gasteiger partial charge in [-0.3, -0.25) is 4.79 Å². The molecule has 8 heteroatoms. The van der Waals surface area contributed by atoms with Gasteiger partial charge in [0.25, 0.3) is 5.56 Å². The predicted molar refractivity (Wildman–Crippen MR) is 161 cm³/mol. The number of nitrogens with zero attached hydrogens (tertiary/aromatic N) is 3. The summed E-state index contributed by atoms with van der Waals surface area (Å²) in [5.74, 6) is 1.87. The van der Waals surface area contributed by atoms with Gasteiger partial charge in [-0.15, -0.1) is 6.58 Å². The maximum atomic E-state index is 13.4. The Morgan fingerprint density at radius 3 is 2.47 bits per heavy atom. The molecule has 1 heterocycles. The standard InChI is InChI=1S/C30H29Br2N3O3/c1-5-7-22-14-21(15-27(37-6-2)28(22)38-18-20-8-10-23(31)11-9-20)17-33-35-29(19(3)4)34-26-13-12-24(32)16-25(26)30(35)36/h5,8-17,19H,1,6-7,18H2,2-4H3. The van der Waals surface area contributed by atoms with E-state index in [1.54, 1.807) is 12.3 Å². The Labute approximate surface area is 239 Å². The molecule has 0 bridgehead atoms. The van der Waals surface area contributed by atoms with Crippen LogP contribution in [0.25, 0.3) is 10.9 Å². The number of hydrogen-bond donors (Lipinski definition) is 0. The smallest absolute Gasteiger partial charge is 0.282 e. The van der Waals surface area contributed by atoms with E-state index < -0.39 is 0 Å². The van der Waals surface area contributed by atoms with Gasteiger partial charge >= 0.3 is 0 Å². The molecular formula is C30H29Br2N3O3. The van der Waals surface area contributed by atoms with E-state index in [4.69, 9.17) is 14.5 Å². The normalized spacial score (nSPS) is 11.4. The van der Waals surface area contributed by atoms with Gasteiger partial charge in [0.2, 0.25) is 0 Å². The van der Waals surface area contributed by atoms with Crippen LogP contribution in [0.4, 0.5) is 0 Å². The second kappa shape index (κ2) is 12.5. The molecule has 3 aromatic carbocycles. The quantitative estimate of drug-likeness (QED) is 0.132. The molecule has 196 valence electrons. The molecule has 0 aliphatic heterocycles. The van der Waals surface area contributed by atoms with Crippen LogP contribution in [-0.2, 0) is 13.0 Å². The zero-order valence-corrected chi connectivity index (χ0v) is 24.8. The molecule has 0 amide bonds. The van der Waals surface area contributed by atoms with Crippen LogP contribution in [0.2, 0.25) is 0 Å². The molecule has 0 N–H and O–H groups in total. The SMILES string of the molecule is C=CCc1cc(C=Nn2c(C(C)C)nc3ccc(Br)cc3c2=O)cc(OCC)c1OCc1ccc(Br)cc1. The van der Waals surface area contributed by atoms with Crippen molar-refractivity contribution in [3.63, 3.8) is 0 Å². The highest BCUT2D eigenvalue weighted by Crippen LogP contribution is 2.34. The van der Waals surface area contributed by atoms with Crippen molar-refractivity contribution in [2.24, 2.45) is 5.10 Å². The molecule has 4 rings (SSSR count). The molecule has 1 aromatic heterocycles. The van der Waals surface area contributed by atoms with Crippen LogP contribution >= 0.6 is 31.9 Å². The first-order valence-corrected chi connectivity index (χ1v) is 13.9. The van der Waals surface area contributed by atoms with Gasteiger partial charge in [-0.2, -0.15) is 9.78 Å². The van der Waals surface area contributed by atoms with Crippen molar-refractivity contribution < 1.29 is 9.47 Å². The number of aromatic nitrogens is 2. The number of benzene rings is 3. The predicted octanol–water partition coefficient (Wildman–Crippen LogP) is 7.63. The fourth-order valence-electron chi connectivity index (χ4n) is 4.00. The molecule has 0 unspecified atom stereocenters. The minimum Gasteiger partial charge on any atom is -0.490 e. The van der Waals surface area contributed by atoms with Crippen molar-refractivity contribution in [2.45, 2.75) is 39.7 Å². The van der Waals surface area contributed by atoms with Crippen molar-refractivity contribution in [1.82, 2.24) is 9.66 Å². The first-order chi connectivity index (χ1) is 18.3. The molecule has 0 spiro atoms. The Kier molecular flexibility index (Phi) is 9.17. The van der Waals surface area contributed by atoms with Gasteiger partial charge in [0.15, 0.2) is 11.5 Å². The lowest BCUT2D eigenvalue weighted by atomic mass is 10.1. The van der Waals surface area contributed by atoms with Crippen LogP contribution in [0.1, 0.15) is 49.2 Å². The summed E-state index contributed by atoms with van der Waals surface area (Å²) in [6, 6.07) is 17.3. The Morgan fingerprint density at radius 1 is 1.05 bits per heavy atom. The van der Waals surface area contributed by atoms with E-state index in [9.17, 15) is 4.79 Å². The van der Waals surface area contributed by atoms with Crippen molar-refractivity contribution >= 4 is 49.0 Å². The fraction of sp³-hybridized carbons (Fsp3) is 0.233. The zero-order chi connectivity index (χ0) is 27.2. The average molecular weight is 639 g/mol. The molecule has 0 atom stereocenters. The maximum Gasteiger partial charge on any atom is 0.282 e. The van der Waals surface area contributed by atoms with Gasteiger partial charge in [-0.25, -0.2) is 4.98 Å². The van der Waals surface area contributed by atoms with Crippen molar-refractivity contribution in [3.8, 4) is 11.5 Å². The average Bonchev–Trinajstić information content (AvgIpc) is 2.89. The third-order valence-electron chi connectivity index (χ3n) is 5.79. The molecular weight excluding hydrogens is 610 g/mol. The summed E-state index contributed by atoms with van der Waals surface area (Å²) in [5.41, 5.74) is 3.16. The topological polar surface area (TPSA) is 65.7 Å². The van der Waals surface area contributed by atoms with Crippen LogP contribution in [0, 0.1) is 0 Å². The number of fused-ring (bicyclic) bond motifs is 1. The number of ether oxygens (including phenoxy) is 2. The van der Waals surface area contributed by atoms with E-state index >= 15 is 0 Å². The van der Waals surface area contributed by atoms with Gasteiger partial charge in [0.1, 0.15) is 12.4 Å². The monoisotopic (exact) mass is 637 g/mol. The lowest BCUT2D eigenvalue weighted by Crippen LogP contribution is -2.23. The van der Waals surface area contributed by atoms with Gasteiger partial charge in [0.05, 0.1) is 23.7 Å². The molecule has 0 saturated carbocycles. The molecule has 0 radical (unpaired) electrons. The largest absolute Gasteiger partial charge is 0.490 e. The second-order valence-corrected chi connectivity index (χ2v) is 10.8. The van der Waals surface area contributed by atoms with Crippen molar-refractivity contribution in [3.05, 3.63) is 109 Å². The van der Waals surface area contributed by atoms with E-state index in [1.165, 1.54) is 4.68 Å². The van der Waals surface area contributed by atoms with Crippen LogP contribution < -0.4 is 15.0 Å². The zero-order valence-electron chi connectivity index (χ0n) is 21.6. The Balaban J connectivity index is 1.75. The molecule has 6 nitrogen and oxygen atoms in total. The van der Waals surface area contributed by atoms with Crippen molar-refractivity contribution in [2.75, 3.05) is 6.61 Å². The first kappa shape index (κ1) is 27.8. The van der Waals surface area contributed by atoms with Gasteiger partial charge in [-0.1, -0.05) is 63.9 Å². The lowest BCUT2D eigenvalue weighted by Gasteiger charge is -2.17. The van der Waals surface area contributed by atoms with E-state index in [-0.39, 0.29) is 11.5 Å². The van der Waals surface area contributed by atoms with Gasteiger partial charge in [0, 0.05) is 20.4 Å². The van der Waals surface area contributed by atoms with Gasteiger partial charge < -0.3 is 9.47 Å². The summed E-state index contributed by atoms with van der Waals surface area (Å²) >= 11 is 6.91. The van der Waals surface area contributed by atoms with Gasteiger partial charge in [-0.05, 0) is 66.9 Å². The van der Waals surface area contributed by atoms with Crippen molar-refractivity contribution in [1.29, 1.82) is 0 Å². The highest BCUT2D eigenvalue weighted by molar-refractivity contribution is 9.10. The summed E-state index contributed by atoms with van der Waals surface area (Å²) in [4.78, 5) is 18.1. The summed E-state index contributed by atoms with van der Waals surface area (Å²) in [6.45, 7) is 10.7. The number of allylic oxidation sites excluding steroid dienone is 1. The minimum atomic E-state index is -0.220. The summed E-state index contributed by atoms with van der Waals surface area (Å²) < 4.78 is 15.4. The molecule has 38 heavy (non-hydrogen) atoms. The molecule has 0 saturated heterocycles. The van der Waals surface area contributed by atoms with E-state index in [2.05, 4.69) is 43.5 Å². The van der Waals surface area contributed by atoms with Crippen LogP contribution in [0.3, 0.4) is 0 Å². The maximum absolute atomic E-state index is 13.4.